The summed E-state index contributed by atoms with van der Waals surface area (Å²) in [5.74, 6) is 3.26. The number of hydrogen-bond acceptors (Lipinski definition) is 4. The second kappa shape index (κ2) is 6.84. The van der Waals surface area contributed by atoms with E-state index in [0.29, 0.717) is 12.1 Å². The van der Waals surface area contributed by atoms with Crippen LogP contribution < -0.4 is 10.6 Å². The van der Waals surface area contributed by atoms with Gasteiger partial charge >= 0.3 is 0 Å². The molecule has 0 amide bonds. The van der Waals surface area contributed by atoms with Gasteiger partial charge < -0.3 is 15.4 Å². The lowest BCUT2D eigenvalue weighted by Gasteiger charge is -2.25. The summed E-state index contributed by atoms with van der Waals surface area (Å²) in [7, 11) is 0. The van der Waals surface area contributed by atoms with E-state index in [0.717, 1.165) is 32.0 Å². The minimum absolute atomic E-state index is 0.501. The lowest BCUT2D eigenvalue weighted by Crippen LogP contribution is -2.45. The molecule has 0 aromatic carbocycles. The van der Waals surface area contributed by atoms with Crippen molar-refractivity contribution in [1.29, 1.82) is 0 Å². The predicted octanol–water partition coefficient (Wildman–Crippen LogP) is 1.10. The van der Waals surface area contributed by atoms with Crippen LogP contribution in [0.15, 0.2) is 0 Å². The Morgan fingerprint density at radius 3 is 3.12 bits per heavy atom. The first-order valence-corrected chi connectivity index (χ1v) is 7.69. The molecule has 3 atom stereocenters. The molecule has 2 aliphatic rings. The van der Waals surface area contributed by atoms with Crippen LogP contribution in [0.1, 0.15) is 19.8 Å². The van der Waals surface area contributed by atoms with Crippen LogP contribution in [-0.2, 0) is 4.74 Å². The van der Waals surface area contributed by atoms with Crippen LogP contribution >= 0.6 is 11.8 Å². The Bertz CT molecular complexity index is 197. The average Bonchev–Trinajstić information content (AvgIpc) is 2.78. The zero-order chi connectivity index (χ0) is 11.2. The second-order valence-electron chi connectivity index (χ2n) is 4.75. The molecule has 3 nitrogen and oxygen atoms in total. The molecule has 0 radical (unpaired) electrons. The van der Waals surface area contributed by atoms with Gasteiger partial charge in [-0.2, -0.15) is 11.8 Å². The number of rotatable bonds is 5. The zero-order valence-electron chi connectivity index (χ0n) is 10.2. The molecule has 2 fully saturated rings. The van der Waals surface area contributed by atoms with E-state index in [-0.39, 0.29) is 0 Å². The van der Waals surface area contributed by atoms with E-state index in [4.69, 9.17) is 4.74 Å². The minimum atomic E-state index is 0.501. The van der Waals surface area contributed by atoms with Gasteiger partial charge in [0.25, 0.3) is 0 Å². The molecule has 2 N–H and O–H groups in total. The summed E-state index contributed by atoms with van der Waals surface area (Å²) in [5.41, 5.74) is 0. The van der Waals surface area contributed by atoms with Crippen molar-refractivity contribution in [2.45, 2.75) is 31.9 Å². The number of ether oxygens (including phenoxy) is 1. The largest absolute Gasteiger partial charge is 0.378 e. The van der Waals surface area contributed by atoms with E-state index in [1.807, 2.05) is 0 Å². The standard InChI is InChI=1S/C12H24N2OS/c1-2-12-10(3-5-15-12)7-13-8-11-9-16-6-4-14-11/h10-14H,2-9H2,1H3. The SMILES string of the molecule is CCC1OCCC1CNCC1CSCCN1. The van der Waals surface area contributed by atoms with Crippen molar-refractivity contribution < 1.29 is 4.74 Å². The van der Waals surface area contributed by atoms with Gasteiger partial charge in [0.15, 0.2) is 0 Å². The van der Waals surface area contributed by atoms with Crippen LogP contribution in [0.3, 0.4) is 0 Å². The maximum atomic E-state index is 5.70. The zero-order valence-corrected chi connectivity index (χ0v) is 11.0. The Labute approximate surface area is 103 Å². The van der Waals surface area contributed by atoms with E-state index < -0.39 is 0 Å². The summed E-state index contributed by atoms with van der Waals surface area (Å²) < 4.78 is 5.70. The molecule has 94 valence electrons. The predicted molar refractivity (Wildman–Crippen MR) is 70.1 cm³/mol. The van der Waals surface area contributed by atoms with Crippen molar-refractivity contribution in [2.24, 2.45) is 5.92 Å². The molecule has 0 aliphatic carbocycles. The lowest BCUT2D eigenvalue weighted by molar-refractivity contribution is 0.0872. The monoisotopic (exact) mass is 244 g/mol. The first-order chi connectivity index (χ1) is 7.90. The maximum absolute atomic E-state index is 5.70. The van der Waals surface area contributed by atoms with Crippen LogP contribution in [0.5, 0.6) is 0 Å². The molecule has 0 bridgehead atoms. The summed E-state index contributed by atoms with van der Waals surface area (Å²) in [5, 5.41) is 7.16. The molecular formula is C12H24N2OS. The highest BCUT2D eigenvalue weighted by Gasteiger charge is 2.26. The molecule has 0 saturated carbocycles. The molecule has 2 saturated heterocycles. The van der Waals surface area contributed by atoms with Gasteiger partial charge in [-0.3, -0.25) is 0 Å². The highest BCUT2D eigenvalue weighted by Crippen LogP contribution is 2.22. The van der Waals surface area contributed by atoms with Gasteiger partial charge in [-0.25, -0.2) is 0 Å². The molecule has 3 unspecified atom stereocenters. The summed E-state index contributed by atoms with van der Waals surface area (Å²) in [6.07, 6.45) is 2.89. The molecule has 2 heterocycles. The summed E-state index contributed by atoms with van der Waals surface area (Å²) >= 11 is 2.06. The van der Waals surface area contributed by atoms with E-state index in [2.05, 4.69) is 29.3 Å². The maximum Gasteiger partial charge on any atom is 0.0613 e. The molecule has 2 aliphatic heterocycles. The minimum Gasteiger partial charge on any atom is -0.378 e. The Morgan fingerprint density at radius 1 is 1.44 bits per heavy atom. The topological polar surface area (TPSA) is 33.3 Å². The molecule has 0 aromatic heterocycles. The fourth-order valence-electron chi connectivity index (χ4n) is 2.57. The molecule has 2 rings (SSSR count). The fourth-order valence-corrected chi connectivity index (χ4v) is 3.52. The van der Waals surface area contributed by atoms with Gasteiger partial charge in [-0.1, -0.05) is 6.92 Å². The Kier molecular flexibility index (Phi) is 5.42. The quantitative estimate of drug-likeness (QED) is 0.759. The van der Waals surface area contributed by atoms with Gasteiger partial charge in [0.1, 0.15) is 0 Å². The van der Waals surface area contributed by atoms with Gasteiger partial charge in [-0.15, -0.1) is 0 Å². The molecule has 0 spiro atoms. The van der Waals surface area contributed by atoms with Gasteiger partial charge in [-0.05, 0) is 18.8 Å². The van der Waals surface area contributed by atoms with Crippen LogP contribution in [0.2, 0.25) is 0 Å². The number of nitrogens with one attached hydrogen (secondary N) is 2. The third kappa shape index (κ3) is 3.62. The molecular weight excluding hydrogens is 220 g/mol. The van der Waals surface area contributed by atoms with Crippen molar-refractivity contribution in [3.05, 3.63) is 0 Å². The van der Waals surface area contributed by atoms with Gasteiger partial charge in [0.05, 0.1) is 6.10 Å². The van der Waals surface area contributed by atoms with Crippen molar-refractivity contribution in [1.82, 2.24) is 10.6 Å². The van der Waals surface area contributed by atoms with Crippen LogP contribution in [-0.4, -0.2) is 49.9 Å². The Morgan fingerprint density at radius 2 is 2.38 bits per heavy atom. The number of hydrogen-bond donors (Lipinski definition) is 2. The third-order valence-corrected chi connectivity index (χ3v) is 4.68. The molecule has 4 heteroatoms. The van der Waals surface area contributed by atoms with Gasteiger partial charge in [0, 0.05) is 43.8 Å². The van der Waals surface area contributed by atoms with Crippen LogP contribution in [0.4, 0.5) is 0 Å². The number of thioether (sulfide) groups is 1. The summed E-state index contributed by atoms with van der Waals surface area (Å²) in [6.45, 7) is 6.59. The lowest BCUT2D eigenvalue weighted by atomic mass is 10.00. The normalized spacial score (nSPS) is 35.4. The van der Waals surface area contributed by atoms with E-state index >= 15 is 0 Å². The third-order valence-electron chi connectivity index (χ3n) is 3.54. The van der Waals surface area contributed by atoms with Crippen molar-refractivity contribution in [3.8, 4) is 0 Å². The van der Waals surface area contributed by atoms with Gasteiger partial charge in [0.2, 0.25) is 0 Å². The van der Waals surface area contributed by atoms with Crippen LogP contribution in [0.25, 0.3) is 0 Å². The summed E-state index contributed by atoms with van der Waals surface area (Å²) in [6, 6.07) is 0.668. The van der Waals surface area contributed by atoms with E-state index in [9.17, 15) is 0 Å². The van der Waals surface area contributed by atoms with Crippen molar-refractivity contribution in [3.63, 3.8) is 0 Å². The van der Waals surface area contributed by atoms with E-state index in [1.165, 1.54) is 24.5 Å². The summed E-state index contributed by atoms with van der Waals surface area (Å²) in [4.78, 5) is 0. The molecule has 16 heavy (non-hydrogen) atoms. The molecule has 0 aromatic rings. The fraction of sp³-hybridized carbons (Fsp3) is 1.00. The highest BCUT2D eigenvalue weighted by molar-refractivity contribution is 7.99. The average molecular weight is 244 g/mol. The van der Waals surface area contributed by atoms with E-state index in [1.54, 1.807) is 0 Å². The first kappa shape index (κ1) is 12.7. The smallest absolute Gasteiger partial charge is 0.0613 e. The Balaban J connectivity index is 1.59. The Hall–Kier alpha value is 0.230. The van der Waals surface area contributed by atoms with Crippen molar-refractivity contribution in [2.75, 3.05) is 37.7 Å². The first-order valence-electron chi connectivity index (χ1n) is 6.53. The van der Waals surface area contributed by atoms with Crippen LogP contribution in [0, 0.1) is 5.92 Å². The highest BCUT2D eigenvalue weighted by atomic mass is 32.2. The van der Waals surface area contributed by atoms with Crippen molar-refractivity contribution >= 4 is 11.8 Å². The second-order valence-corrected chi connectivity index (χ2v) is 5.90.